The van der Waals surface area contributed by atoms with E-state index < -0.39 is 0 Å². The number of para-hydroxylation sites is 4. The van der Waals surface area contributed by atoms with Crippen molar-refractivity contribution >= 4 is 40.6 Å². The van der Waals surface area contributed by atoms with Crippen molar-refractivity contribution < 1.29 is 4.74 Å². The fourth-order valence-corrected chi connectivity index (χ4v) is 9.01. The van der Waals surface area contributed by atoms with Gasteiger partial charge in [-0.1, -0.05) is 98.0 Å². The van der Waals surface area contributed by atoms with Gasteiger partial charge in [0.25, 0.3) is 0 Å². The standard InChI is InChI=1S/C39H27NOS2/c1-39(2)29-20-17-25(21-27(29)28-22-37-38(23-30(28)39)43-36-14-8-7-13-35(36)42-37)24-15-18-26(19-16-24)40-31-9-3-5-11-33(31)41-34-12-6-4-10-32(34)40/h3-23H,1-2H3. The van der Waals surface area contributed by atoms with Crippen LogP contribution in [-0.2, 0) is 5.41 Å². The second-order valence-electron chi connectivity index (χ2n) is 11.8. The lowest BCUT2D eigenvalue weighted by Gasteiger charge is -2.32. The zero-order chi connectivity index (χ0) is 28.7. The maximum absolute atomic E-state index is 6.22. The predicted molar refractivity (Wildman–Crippen MR) is 179 cm³/mol. The molecule has 0 fully saturated rings. The quantitative estimate of drug-likeness (QED) is 0.199. The van der Waals surface area contributed by atoms with E-state index in [1.54, 1.807) is 0 Å². The molecule has 6 aromatic carbocycles. The van der Waals surface area contributed by atoms with Gasteiger partial charge in [0.15, 0.2) is 11.5 Å². The Labute approximate surface area is 260 Å². The van der Waals surface area contributed by atoms with Crippen molar-refractivity contribution in [2.45, 2.75) is 38.8 Å². The van der Waals surface area contributed by atoms with Crippen LogP contribution in [0.1, 0.15) is 25.0 Å². The fourth-order valence-electron chi connectivity index (χ4n) is 6.74. The van der Waals surface area contributed by atoms with Gasteiger partial charge < -0.3 is 9.64 Å². The van der Waals surface area contributed by atoms with E-state index in [0.717, 1.165) is 28.6 Å². The maximum atomic E-state index is 6.22. The largest absolute Gasteiger partial charge is 0.453 e. The van der Waals surface area contributed by atoms with Gasteiger partial charge in [-0.2, -0.15) is 0 Å². The molecule has 2 nitrogen and oxygen atoms in total. The number of fused-ring (bicyclic) bond motifs is 7. The number of anilines is 3. The van der Waals surface area contributed by atoms with Gasteiger partial charge in [-0.25, -0.2) is 0 Å². The molecule has 206 valence electrons. The molecule has 0 N–H and O–H groups in total. The van der Waals surface area contributed by atoms with Crippen LogP contribution in [0.15, 0.2) is 147 Å². The lowest BCUT2D eigenvalue weighted by molar-refractivity contribution is 0.477. The van der Waals surface area contributed by atoms with E-state index in [9.17, 15) is 0 Å². The van der Waals surface area contributed by atoms with Gasteiger partial charge in [-0.05, 0) is 100 Å². The Morgan fingerprint density at radius 3 is 1.74 bits per heavy atom. The number of benzene rings is 6. The fraction of sp³-hybridized carbons (Fsp3) is 0.0769. The van der Waals surface area contributed by atoms with Crippen LogP contribution in [0.4, 0.5) is 17.1 Å². The molecule has 2 heterocycles. The average molecular weight is 590 g/mol. The van der Waals surface area contributed by atoms with E-state index in [1.807, 2.05) is 47.8 Å². The Morgan fingerprint density at radius 1 is 0.512 bits per heavy atom. The summed E-state index contributed by atoms with van der Waals surface area (Å²) in [6.07, 6.45) is 0. The smallest absolute Gasteiger partial charge is 0.151 e. The van der Waals surface area contributed by atoms with Gasteiger partial charge in [0, 0.05) is 30.7 Å². The third-order valence-corrected chi connectivity index (χ3v) is 11.4. The Bertz CT molecular complexity index is 2050. The summed E-state index contributed by atoms with van der Waals surface area (Å²) in [5.41, 5.74) is 11.2. The molecular weight excluding hydrogens is 563 g/mol. The highest BCUT2D eigenvalue weighted by molar-refractivity contribution is 8.05. The Hall–Kier alpha value is -4.38. The topological polar surface area (TPSA) is 12.5 Å². The first-order valence-electron chi connectivity index (χ1n) is 14.6. The molecular formula is C39H27NOS2. The molecule has 43 heavy (non-hydrogen) atoms. The highest BCUT2D eigenvalue weighted by Crippen LogP contribution is 2.56. The molecule has 6 aromatic rings. The second-order valence-corrected chi connectivity index (χ2v) is 14.0. The molecule has 0 aromatic heterocycles. The third-order valence-electron chi connectivity index (χ3n) is 8.92. The summed E-state index contributed by atoms with van der Waals surface area (Å²) in [6.45, 7) is 4.73. The average Bonchev–Trinajstić information content (AvgIpc) is 3.26. The highest BCUT2D eigenvalue weighted by atomic mass is 32.2. The Balaban J connectivity index is 1.10. The number of rotatable bonds is 2. The third kappa shape index (κ3) is 3.83. The van der Waals surface area contributed by atoms with Crippen molar-refractivity contribution in [3.8, 4) is 33.8 Å². The van der Waals surface area contributed by atoms with Gasteiger partial charge in [-0.3, -0.25) is 0 Å². The van der Waals surface area contributed by atoms with E-state index in [2.05, 4.69) is 122 Å². The van der Waals surface area contributed by atoms with Crippen LogP contribution >= 0.6 is 23.5 Å². The van der Waals surface area contributed by atoms with E-state index in [1.165, 1.54) is 53.0 Å². The van der Waals surface area contributed by atoms with Crippen LogP contribution in [0, 0.1) is 0 Å². The number of hydrogen-bond donors (Lipinski definition) is 0. The summed E-state index contributed by atoms with van der Waals surface area (Å²) in [5.74, 6) is 1.74. The van der Waals surface area contributed by atoms with Gasteiger partial charge in [0.2, 0.25) is 0 Å². The van der Waals surface area contributed by atoms with Gasteiger partial charge in [0.1, 0.15) is 0 Å². The van der Waals surface area contributed by atoms with Crippen LogP contribution in [0.2, 0.25) is 0 Å². The minimum Gasteiger partial charge on any atom is -0.453 e. The van der Waals surface area contributed by atoms with E-state index >= 15 is 0 Å². The molecule has 2 aliphatic heterocycles. The Kier molecular flexibility index (Phi) is 5.44. The predicted octanol–water partition coefficient (Wildman–Crippen LogP) is 11.9. The molecule has 1 aliphatic carbocycles. The first-order valence-corrected chi connectivity index (χ1v) is 16.2. The molecule has 0 bridgehead atoms. The maximum Gasteiger partial charge on any atom is 0.151 e. The SMILES string of the molecule is CC1(C)c2ccc(-c3ccc(N4c5ccccc5Oc5ccccc54)cc3)cc2-c2cc3c(cc21)Sc1ccccc1S3. The molecule has 4 heteroatoms. The first-order chi connectivity index (χ1) is 21.0. The Morgan fingerprint density at radius 2 is 1.07 bits per heavy atom. The van der Waals surface area contributed by atoms with Crippen molar-refractivity contribution in [2.75, 3.05) is 4.90 Å². The lowest BCUT2D eigenvalue weighted by Crippen LogP contribution is -2.15. The minimum atomic E-state index is -0.0403. The number of ether oxygens (including phenoxy) is 1. The van der Waals surface area contributed by atoms with Crippen LogP contribution in [-0.4, -0.2) is 0 Å². The second kappa shape index (κ2) is 9.31. The van der Waals surface area contributed by atoms with Gasteiger partial charge in [0.05, 0.1) is 11.4 Å². The van der Waals surface area contributed by atoms with Crippen LogP contribution in [0.5, 0.6) is 11.5 Å². The van der Waals surface area contributed by atoms with Crippen molar-refractivity contribution in [2.24, 2.45) is 0 Å². The summed E-state index contributed by atoms with van der Waals surface area (Å²) in [7, 11) is 0. The lowest BCUT2D eigenvalue weighted by atomic mass is 9.82. The summed E-state index contributed by atoms with van der Waals surface area (Å²) in [6, 6.07) is 46.1. The molecule has 0 unspecified atom stereocenters. The van der Waals surface area contributed by atoms with Crippen LogP contribution in [0.3, 0.4) is 0 Å². The first kappa shape index (κ1) is 25.1. The molecule has 9 rings (SSSR count). The zero-order valence-electron chi connectivity index (χ0n) is 23.8. The van der Waals surface area contributed by atoms with E-state index in [-0.39, 0.29) is 5.41 Å². The number of hydrogen-bond acceptors (Lipinski definition) is 4. The summed E-state index contributed by atoms with van der Waals surface area (Å²) in [5, 5.41) is 0. The zero-order valence-corrected chi connectivity index (χ0v) is 25.4. The van der Waals surface area contributed by atoms with E-state index in [0.29, 0.717) is 0 Å². The van der Waals surface area contributed by atoms with Gasteiger partial charge >= 0.3 is 0 Å². The molecule has 0 saturated heterocycles. The van der Waals surface area contributed by atoms with Crippen molar-refractivity contribution in [1.82, 2.24) is 0 Å². The highest BCUT2D eigenvalue weighted by Gasteiger charge is 2.37. The van der Waals surface area contributed by atoms with Gasteiger partial charge in [-0.15, -0.1) is 0 Å². The normalized spacial score (nSPS) is 14.9. The minimum absolute atomic E-state index is 0.0403. The summed E-state index contributed by atoms with van der Waals surface area (Å²) < 4.78 is 6.22. The monoisotopic (exact) mass is 589 g/mol. The summed E-state index contributed by atoms with van der Waals surface area (Å²) in [4.78, 5) is 7.70. The van der Waals surface area contributed by atoms with Crippen molar-refractivity contribution in [1.29, 1.82) is 0 Å². The van der Waals surface area contributed by atoms with Crippen LogP contribution < -0.4 is 9.64 Å². The molecule has 0 saturated carbocycles. The molecule has 0 spiro atoms. The molecule has 0 amide bonds. The molecule has 0 atom stereocenters. The summed E-state index contributed by atoms with van der Waals surface area (Å²) >= 11 is 3.79. The van der Waals surface area contributed by atoms with E-state index in [4.69, 9.17) is 4.74 Å². The molecule has 0 radical (unpaired) electrons. The number of nitrogens with zero attached hydrogens (tertiary/aromatic N) is 1. The van der Waals surface area contributed by atoms with Crippen molar-refractivity contribution in [3.63, 3.8) is 0 Å². The van der Waals surface area contributed by atoms with Crippen molar-refractivity contribution in [3.05, 3.63) is 139 Å². The van der Waals surface area contributed by atoms with Crippen LogP contribution in [0.25, 0.3) is 22.3 Å². The molecule has 3 aliphatic rings.